The van der Waals surface area contributed by atoms with Crippen LogP contribution in [0.4, 0.5) is 0 Å². The van der Waals surface area contributed by atoms with Gasteiger partial charge in [0, 0.05) is 11.1 Å². The highest BCUT2D eigenvalue weighted by Gasteiger charge is 2.14. The maximum atomic E-state index is 11.5. The maximum Gasteiger partial charge on any atom is 0.252 e. The Morgan fingerprint density at radius 3 is 3.11 bits per heavy atom. The number of aldehydes is 1. The van der Waals surface area contributed by atoms with Gasteiger partial charge in [0.05, 0.1) is 24.1 Å². The quantitative estimate of drug-likeness (QED) is 0.357. The molecular weight excluding hydrogens is 236 g/mol. The van der Waals surface area contributed by atoms with Gasteiger partial charge < -0.3 is 8.98 Å². The van der Waals surface area contributed by atoms with Crippen LogP contribution in [-0.2, 0) is 6.54 Å². The largest absolute Gasteiger partial charge is 0.467 e. The molecule has 0 saturated carbocycles. The molecule has 0 bridgehead atoms. The molecule has 0 N–H and O–H groups in total. The van der Waals surface area contributed by atoms with Crippen molar-refractivity contribution in [2.75, 3.05) is 0 Å². The van der Waals surface area contributed by atoms with Crippen LogP contribution >= 0.6 is 0 Å². The van der Waals surface area contributed by atoms with E-state index in [0.717, 1.165) is 0 Å². The third-order valence-electron chi connectivity index (χ3n) is 2.41. The normalized spacial score (nSPS) is 9.78. The molecule has 2 heterocycles. The lowest BCUT2D eigenvalue weighted by molar-refractivity contribution is 0.0998. The van der Waals surface area contributed by atoms with Crippen molar-refractivity contribution in [2.45, 2.75) is 6.54 Å². The van der Waals surface area contributed by atoms with E-state index in [0.29, 0.717) is 17.7 Å². The van der Waals surface area contributed by atoms with E-state index in [1.54, 1.807) is 22.9 Å². The molecule has 0 aliphatic carbocycles. The van der Waals surface area contributed by atoms with Gasteiger partial charge in [-0.2, -0.15) is 0 Å². The van der Waals surface area contributed by atoms with Crippen LogP contribution in [0.15, 0.2) is 40.2 Å². The first kappa shape index (κ1) is 11.7. The van der Waals surface area contributed by atoms with E-state index in [1.165, 1.54) is 12.3 Å². The Hall–Kier alpha value is -2.79. The van der Waals surface area contributed by atoms with Gasteiger partial charge >= 0.3 is 0 Å². The van der Waals surface area contributed by atoms with Gasteiger partial charge in [0.1, 0.15) is 5.76 Å². The summed E-state index contributed by atoms with van der Waals surface area (Å²) in [6.45, 7) is 0.218. The third kappa shape index (κ3) is 2.16. The van der Waals surface area contributed by atoms with Crippen molar-refractivity contribution in [1.29, 1.82) is 0 Å². The average Bonchev–Trinajstić information content (AvgIpc) is 2.98. The molecule has 0 saturated heterocycles. The van der Waals surface area contributed by atoms with Crippen LogP contribution < -0.4 is 0 Å². The van der Waals surface area contributed by atoms with E-state index in [-0.39, 0.29) is 12.1 Å². The molecule has 1 amide bonds. The summed E-state index contributed by atoms with van der Waals surface area (Å²) >= 11 is 0. The number of nitrogens with zero attached hydrogens (tertiary/aromatic N) is 4. The number of carbonyl (C=O) groups excluding carboxylic acids is 2. The molecule has 7 nitrogen and oxygen atoms in total. The summed E-state index contributed by atoms with van der Waals surface area (Å²) in [7, 11) is 0. The molecule has 2 aromatic rings. The van der Waals surface area contributed by atoms with Crippen molar-refractivity contribution in [3.63, 3.8) is 0 Å². The summed E-state index contributed by atoms with van der Waals surface area (Å²) in [5.41, 5.74) is 8.88. The first-order chi connectivity index (χ1) is 8.76. The van der Waals surface area contributed by atoms with E-state index in [4.69, 9.17) is 9.95 Å². The van der Waals surface area contributed by atoms with Crippen molar-refractivity contribution >= 4 is 12.2 Å². The highest BCUT2D eigenvalue weighted by molar-refractivity contribution is 5.95. The monoisotopic (exact) mass is 244 g/mol. The number of hydrogen-bond acceptors (Lipinski definition) is 3. The first-order valence-corrected chi connectivity index (χ1v) is 5.02. The second-order valence-corrected chi connectivity index (χ2v) is 3.43. The second kappa shape index (κ2) is 5.03. The number of rotatable bonds is 4. The highest BCUT2D eigenvalue weighted by Crippen LogP contribution is 2.15. The molecule has 90 valence electrons. The standard InChI is InChI=1S/C11H8N4O3/c12-14-13-11(17)9-3-5-18-10(9)6-15-4-1-2-8(15)7-16/h1-5,7H,6H2. The molecule has 0 unspecified atom stereocenters. The lowest BCUT2D eigenvalue weighted by Gasteiger charge is -2.03. The predicted octanol–water partition coefficient (Wildman–Crippen LogP) is 2.39. The fourth-order valence-corrected chi connectivity index (χ4v) is 1.58. The summed E-state index contributed by atoms with van der Waals surface area (Å²) in [5, 5.41) is 3.00. The minimum atomic E-state index is -0.707. The SMILES string of the molecule is [N-]=[N+]=NC(=O)c1ccoc1Cn1cccc1C=O. The minimum absolute atomic E-state index is 0.193. The molecule has 0 radical (unpaired) electrons. The third-order valence-corrected chi connectivity index (χ3v) is 2.41. The Kier molecular flexibility index (Phi) is 3.26. The van der Waals surface area contributed by atoms with Gasteiger partial charge in [-0.3, -0.25) is 9.59 Å². The van der Waals surface area contributed by atoms with Crippen LogP contribution in [0, 0.1) is 0 Å². The lowest BCUT2D eigenvalue weighted by atomic mass is 10.2. The average molecular weight is 244 g/mol. The fraction of sp³-hybridized carbons (Fsp3) is 0.0909. The Labute approximate surface area is 101 Å². The maximum absolute atomic E-state index is 11.5. The molecule has 0 fully saturated rings. The van der Waals surface area contributed by atoms with Crippen molar-refractivity contribution in [3.8, 4) is 0 Å². The lowest BCUT2D eigenvalue weighted by Crippen LogP contribution is -2.05. The Morgan fingerprint density at radius 1 is 1.56 bits per heavy atom. The summed E-state index contributed by atoms with van der Waals surface area (Å²) in [5.74, 6) is -0.368. The van der Waals surface area contributed by atoms with Crippen molar-refractivity contribution in [1.82, 2.24) is 4.57 Å². The minimum Gasteiger partial charge on any atom is -0.467 e. The zero-order valence-corrected chi connectivity index (χ0v) is 9.18. The van der Waals surface area contributed by atoms with Gasteiger partial charge in [0.15, 0.2) is 6.29 Å². The van der Waals surface area contributed by atoms with Crippen LogP contribution in [0.2, 0.25) is 0 Å². The first-order valence-electron chi connectivity index (χ1n) is 5.02. The van der Waals surface area contributed by atoms with Gasteiger partial charge in [0.25, 0.3) is 5.91 Å². The van der Waals surface area contributed by atoms with Crippen LogP contribution in [0.25, 0.3) is 10.4 Å². The molecule has 18 heavy (non-hydrogen) atoms. The molecule has 2 rings (SSSR count). The van der Waals surface area contributed by atoms with Crippen LogP contribution in [0.3, 0.4) is 0 Å². The molecule has 7 heteroatoms. The number of amides is 1. The smallest absolute Gasteiger partial charge is 0.252 e. The van der Waals surface area contributed by atoms with Gasteiger partial charge in [-0.15, -0.1) is 0 Å². The van der Waals surface area contributed by atoms with Crippen molar-refractivity contribution in [2.24, 2.45) is 5.11 Å². The van der Waals surface area contributed by atoms with Gasteiger partial charge in [-0.05, 0) is 28.8 Å². The van der Waals surface area contributed by atoms with E-state index in [2.05, 4.69) is 10.0 Å². The topological polar surface area (TPSA) is 101 Å². The highest BCUT2D eigenvalue weighted by atomic mass is 16.3. The van der Waals surface area contributed by atoms with E-state index < -0.39 is 5.91 Å². The second-order valence-electron chi connectivity index (χ2n) is 3.43. The van der Waals surface area contributed by atoms with E-state index >= 15 is 0 Å². The molecule has 0 atom stereocenters. The molecule has 0 aromatic carbocycles. The Morgan fingerprint density at radius 2 is 2.39 bits per heavy atom. The Bertz CT molecular complexity index is 634. The predicted molar refractivity (Wildman–Crippen MR) is 61.1 cm³/mol. The zero-order valence-electron chi connectivity index (χ0n) is 9.18. The summed E-state index contributed by atoms with van der Waals surface area (Å²) in [4.78, 5) is 24.6. The number of furan rings is 1. The van der Waals surface area contributed by atoms with E-state index in [9.17, 15) is 9.59 Å². The summed E-state index contributed by atoms with van der Waals surface area (Å²) in [6, 6.07) is 4.78. The summed E-state index contributed by atoms with van der Waals surface area (Å²) < 4.78 is 6.79. The molecule has 0 aliphatic rings. The van der Waals surface area contributed by atoms with Crippen molar-refractivity contribution in [3.05, 3.63) is 58.1 Å². The Balaban J connectivity index is 2.30. The van der Waals surface area contributed by atoms with Gasteiger partial charge in [-0.25, -0.2) is 0 Å². The number of azide groups is 1. The molecular formula is C11H8N4O3. The zero-order chi connectivity index (χ0) is 13.0. The fourth-order valence-electron chi connectivity index (χ4n) is 1.58. The van der Waals surface area contributed by atoms with Crippen LogP contribution in [0.5, 0.6) is 0 Å². The summed E-state index contributed by atoms with van der Waals surface area (Å²) in [6.07, 6.45) is 3.73. The number of carbonyl (C=O) groups is 2. The molecule has 2 aromatic heterocycles. The van der Waals surface area contributed by atoms with Crippen LogP contribution in [0.1, 0.15) is 26.6 Å². The van der Waals surface area contributed by atoms with Crippen molar-refractivity contribution < 1.29 is 14.0 Å². The van der Waals surface area contributed by atoms with Gasteiger partial charge in [0.2, 0.25) is 0 Å². The number of hydrogen-bond donors (Lipinski definition) is 0. The number of aromatic nitrogens is 1. The van der Waals surface area contributed by atoms with Gasteiger partial charge in [-0.1, -0.05) is 0 Å². The van der Waals surface area contributed by atoms with Crippen LogP contribution in [-0.4, -0.2) is 16.8 Å². The molecule has 0 spiro atoms. The van der Waals surface area contributed by atoms with E-state index in [1.807, 2.05) is 0 Å². The molecule has 0 aliphatic heterocycles.